The van der Waals surface area contributed by atoms with Crippen LogP contribution in [0.15, 0.2) is 17.5 Å². The Morgan fingerprint density at radius 1 is 1.46 bits per heavy atom. The molecular weight excluding hydrogens is 225 g/mol. The highest BCUT2D eigenvalue weighted by atomic mass is 35.5. The molecule has 0 aliphatic carbocycles. The minimum absolute atomic E-state index is 0.431. The summed E-state index contributed by atoms with van der Waals surface area (Å²) in [7, 11) is 0. The minimum atomic E-state index is 0.431. The van der Waals surface area contributed by atoms with E-state index in [-0.39, 0.29) is 0 Å². The zero-order valence-electron chi connectivity index (χ0n) is 6.68. The summed E-state index contributed by atoms with van der Waals surface area (Å²) >= 11 is 13.4. The molecule has 2 N–H and O–H groups in total. The van der Waals surface area contributed by atoms with Crippen molar-refractivity contribution in [2.45, 2.75) is 5.88 Å². The maximum absolute atomic E-state index is 6.02. The van der Waals surface area contributed by atoms with Crippen LogP contribution in [0.25, 0.3) is 10.1 Å². The third kappa shape index (κ3) is 1.39. The van der Waals surface area contributed by atoms with Crippen molar-refractivity contribution in [3.8, 4) is 0 Å². The largest absolute Gasteiger partial charge is 0.398 e. The van der Waals surface area contributed by atoms with Crippen LogP contribution in [0.5, 0.6) is 0 Å². The minimum Gasteiger partial charge on any atom is -0.398 e. The predicted octanol–water partition coefficient (Wildman–Crippen LogP) is 3.88. The lowest BCUT2D eigenvalue weighted by atomic mass is 10.1. The molecule has 0 spiro atoms. The quantitative estimate of drug-likeness (QED) is 0.586. The standard InChI is InChI=1S/C9H7Cl2NS/c10-4-6-8(12)3-7(11)5-1-2-13-9(5)6/h1-3H,4,12H2. The molecule has 68 valence electrons. The van der Waals surface area contributed by atoms with Gasteiger partial charge in [0.05, 0.1) is 10.9 Å². The van der Waals surface area contributed by atoms with Crippen LogP contribution in [-0.4, -0.2) is 0 Å². The van der Waals surface area contributed by atoms with Crippen molar-refractivity contribution in [2.75, 3.05) is 5.73 Å². The van der Waals surface area contributed by atoms with Crippen LogP contribution in [0.3, 0.4) is 0 Å². The summed E-state index contributed by atoms with van der Waals surface area (Å²) in [5.74, 6) is 0.431. The van der Waals surface area contributed by atoms with Gasteiger partial charge in [0, 0.05) is 21.3 Å². The highest BCUT2D eigenvalue weighted by Gasteiger charge is 2.09. The van der Waals surface area contributed by atoms with Gasteiger partial charge in [-0.05, 0) is 17.5 Å². The molecule has 0 aliphatic heterocycles. The molecule has 2 aromatic rings. The van der Waals surface area contributed by atoms with Gasteiger partial charge in [0.15, 0.2) is 0 Å². The fraction of sp³-hybridized carbons (Fsp3) is 0.111. The van der Waals surface area contributed by atoms with Crippen molar-refractivity contribution in [3.05, 3.63) is 28.1 Å². The molecule has 0 amide bonds. The summed E-state index contributed by atoms with van der Waals surface area (Å²) in [6, 6.07) is 3.74. The van der Waals surface area contributed by atoms with Gasteiger partial charge in [-0.1, -0.05) is 11.6 Å². The first-order valence-corrected chi connectivity index (χ1v) is 5.53. The first-order valence-electron chi connectivity index (χ1n) is 3.74. The molecule has 0 bridgehead atoms. The van der Waals surface area contributed by atoms with Crippen molar-refractivity contribution in [1.82, 2.24) is 0 Å². The second kappa shape index (κ2) is 3.37. The third-order valence-electron chi connectivity index (χ3n) is 1.96. The molecule has 0 radical (unpaired) electrons. The van der Waals surface area contributed by atoms with E-state index in [1.807, 2.05) is 11.4 Å². The van der Waals surface area contributed by atoms with Gasteiger partial charge in [0.1, 0.15) is 0 Å². The number of thiophene rings is 1. The highest BCUT2D eigenvalue weighted by Crippen LogP contribution is 2.35. The lowest BCUT2D eigenvalue weighted by molar-refractivity contribution is 1.47. The molecule has 13 heavy (non-hydrogen) atoms. The Hall–Kier alpha value is -0.440. The summed E-state index contributed by atoms with van der Waals surface area (Å²) in [6.45, 7) is 0. The van der Waals surface area contributed by atoms with E-state index in [0.29, 0.717) is 16.6 Å². The van der Waals surface area contributed by atoms with Crippen molar-refractivity contribution < 1.29 is 0 Å². The number of alkyl halides is 1. The molecule has 4 heteroatoms. The molecule has 1 aromatic heterocycles. The Balaban J connectivity index is 2.88. The van der Waals surface area contributed by atoms with Gasteiger partial charge in [0.2, 0.25) is 0 Å². The second-order valence-corrected chi connectivity index (χ2v) is 4.31. The van der Waals surface area contributed by atoms with Crippen LogP contribution in [0.2, 0.25) is 5.02 Å². The molecule has 0 unspecified atom stereocenters. The lowest BCUT2D eigenvalue weighted by Crippen LogP contribution is -1.91. The van der Waals surface area contributed by atoms with E-state index in [9.17, 15) is 0 Å². The average molecular weight is 232 g/mol. The van der Waals surface area contributed by atoms with E-state index in [1.54, 1.807) is 17.4 Å². The van der Waals surface area contributed by atoms with Crippen molar-refractivity contribution in [3.63, 3.8) is 0 Å². The zero-order chi connectivity index (χ0) is 9.42. The predicted molar refractivity (Wildman–Crippen MR) is 60.8 cm³/mol. The first kappa shape index (κ1) is 9.13. The topological polar surface area (TPSA) is 26.0 Å². The Kier molecular flexibility index (Phi) is 2.37. The lowest BCUT2D eigenvalue weighted by Gasteiger charge is -2.04. The van der Waals surface area contributed by atoms with E-state index in [2.05, 4.69) is 0 Å². The summed E-state index contributed by atoms with van der Waals surface area (Å²) in [5.41, 5.74) is 7.45. The van der Waals surface area contributed by atoms with E-state index in [4.69, 9.17) is 28.9 Å². The molecule has 1 nitrogen and oxygen atoms in total. The van der Waals surface area contributed by atoms with Crippen LogP contribution < -0.4 is 5.73 Å². The second-order valence-electron chi connectivity index (χ2n) is 2.72. The van der Waals surface area contributed by atoms with Gasteiger partial charge >= 0.3 is 0 Å². The average Bonchev–Trinajstić information content (AvgIpc) is 2.53. The van der Waals surface area contributed by atoms with Crippen LogP contribution in [0.4, 0.5) is 5.69 Å². The molecule has 0 atom stereocenters. The fourth-order valence-corrected chi connectivity index (χ4v) is 2.98. The third-order valence-corrected chi connectivity index (χ3v) is 3.52. The van der Waals surface area contributed by atoms with Crippen LogP contribution in [0, 0.1) is 0 Å². The summed E-state index contributed by atoms with van der Waals surface area (Å²) < 4.78 is 1.10. The van der Waals surface area contributed by atoms with Gasteiger partial charge in [-0.2, -0.15) is 0 Å². The van der Waals surface area contributed by atoms with E-state index >= 15 is 0 Å². The Bertz CT molecular complexity index is 450. The van der Waals surface area contributed by atoms with E-state index < -0.39 is 0 Å². The SMILES string of the molecule is Nc1cc(Cl)c2ccsc2c1CCl. The number of rotatable bonds is 1. The van der Waals surface area contributed by atoms with Gasteiger partial charge < -0.3 is 5.73 Å². The Morgan fingerprint density at radius 2 is 2.23 bits per heavy atom. The summed E-state index contributed by atoms with van der Waals surface area (Å²) in [4.78, 5) is 0. The number of anilines is 1. The monoisotopic (exact) mass is 231 g/mol. The molecule has 0 fully saturated rings. The maximum Gasteiger partial charge on any atom is 0.0513 e. The molecule has 0 aliphatic rings. The number of nitrogens with two attached hydrogens (primary N) is 1. The molecule has 1 aromatic carbocycles. The molecule has 0 saturated heterocycles. The van der Waals surface area contributed by atoms with Crippen molar-refractivity contribution in [2.24, 2.45) is 0 Å². The van der Waals surface area contributed by atoms with Gasteiger partial charge in [-0.25, -0.2) is 0 Å². The van der Waals surface area contributed by atoms with Crippen LogP contribution >= 0.6 is 34.5 Å². The Labute approximate surface area is 90.1 Å². The van der Waals surface area contributed by atoms with Crippen LogP contribution in [-0.2, 0) is 5.88 Å². The van der Waals surface area contributed by atoms with E-state index in [1.165, 1.54) is 0 Å². The van der Waals surface area contributed by atoms with E-state index in [0.717, 1.165) is 15.6 Å². The van der Waals surface area contributed by atoms with Crippen molar-refractivity contribution in [1.29, 1.82) is 0 Å². The van der Waals surface area contributed by atoms with Crippen LogP contribution in [0.1, 0.15) is 5.56 Å². The number of hydrogen-bond acceptors (Lipinski definition) is 2. The zero-order valence-corrected chi connectivity index (χ0v) is 9.01. The Morgan fingerprint density at radius 3 is 2.92 bits per heavy atom. The normalized spacial score (nSPS) is 10.9. The first-order chi connectivity index (χ1) is 6.24. The molecule has 1 heterocycles. The number of benzene rings is 1. The molecule has 0 saturated carbocycles. The highest BCUT2D eigenvalue weighted by molar-refractivity contribution is 7.17. The fourth-order valence-electron chi connectivity index (χ4n) is 1.30. The summed E-state index contributed by atoms with van der Waals surface area (Å²) in [5, 5.41) is 3.73. The molecular formula is C9H7Cl2NS. The number of hydrogen-bond donors (Lipinski definition) is 1. The smallest absolute Gasteiger partial charge is 0.0513 e. The molecule has 2 rings (SSSR count). The van der Waals surface area contributed by atoms with Gasteiger partial charge in [-0.3, -0.25) is 0 Å². The maximum atomic E-state index is 6.02. The van der Waals surface area contributed by atoms with Gasteiger partial charge in [0.25, 0.3) is 0 Å². The summed E-state index contributed by atoms with van der Waals surface area (Å²) in [6.07, 6.45) is 0. The van der Waals surface area contributed by atoms with Crippen molar-refractivity contribution >= 4 is 50.3 Å². The number of nitrogen functional groups attached to an aromatic ring is 1. The number of halogens is 2. The number of fused-ring (bicyclic) bond motifs is 1. The van der Waals surface area contributed by atoms with Gasteiger partial charge in [-0.15, -0.1) is 22.9 Å².